The fourth-order valence-corrected chi connectivity index (χ4v) is 2.05. The summed E-state index contributed by atoms with van der Waals surface area (Å²) in [4.78, 5) is 23.7. The van der Waals surface area contributed by atoms with Crippen LogP contribution < -0.4 is 9.47 Å². The lowest BCUT2D eigenvalue weighted by Crippen LogP contribution is -2.47. The fourth-order valence-electron chi connectivity index (χ4n) is 2.05. The molecule has 0 bridgehead atoms. The number of rotatable bonds is 4. The number of carbonyl (C=O) groups is 2. The van der Waals surface area contributed by atoms with E-state index < -0.39 is 11.5 Å². The van der Waals surface area contributed by atoms with Crippen LogP contribution in [0.5, 0.6) is 11.5 Å². The molecule has 0 saturated heterocycles. The fraction of sp³-hybridized carbons (Fsp3) is 0.429. The Morgan fingerprint density at radius 2 is 2.00 bits per heavy atom. The van der Waals surface area contributed by atoms with Crippen LogP contribution in [0, 0.1) is 0 Å². The molecule has 0 spiro atoms. The molecule has 1 aromatic carbocycles. The molecular formula is C14H17NO5. The van der Waals surface area contributed by atoms with Crippen molar-refractivity contribution in [2.45, 2.75) is 18.9 Å². The Bertz CT molecular complexity index is 530. The minimum Gasteiger partial charge on any atom is -0.490 e. The van der Waals surface area contributed by atoms with Gasteiger partial charge in [-0.2, -0.15) is 0 Å². The quantitative estimate of drug-likeness (QED) is 0.839. The lowest BCUT2D eigenvalue weighted by atomic mass is 9.90. The van der Waals surface area contributed by atoms with Gasteiger partial charge in [-0.1, -0.05) is 6.07 Å². The topological polar surface area (TPSA) is 76.1 Å². The van der Waals surface area contributed by atoms with Crippen molar-refractivity contribution < 1.29 is 24.2 Å². The van der Waals surface area contributed by atoms with Gasteiger partial charge in [0.15, 0.2) is 17.0 Å². The van der Waals surface area contributed by atoms with Crippen molar-refractivity contribution in [3.8, 4) is 11.5 Å². The number of nitrogens with zero attached hydrogens (tertiary/aromatic N) is 1. The molecule has 1 aromatic rings. The maximum Gasteiger partial charge on any atom is 0.334 e. The Morgan fingerprint density at radius 3 is 2.60 bits per heavy atom. The number of carbonyl (C=O) groups excluding carboxylic acids is 1. The summed E-state index contributed by atoms with van der Waals surface area (Å²) in [6.07, 6.45) is 1.27. The van der Waals surface area contributed by atoms with Crippen LogP contribution in [0.3, 0.4) is 0 Å². The van der Waals surface area contributed by atoms with Crippen LogP contribution in [0.25, 0.3) is 0 Å². The molecular weight excluding hydrogens is 262 g/mol. The number of likely N-dealkylation sites (N-methyl/N-ethyl adjacent to an activating group) is 1. The van der Waals surface area contributed by atoms with Crippen molar-refractivity contribution in [2.24, 2.45) is 0 Å². The first kappa shape index (κ1) is 14.2. The Kier molecular flexibility index (Phi) is 3.83. The van der Waals surface area contributed by atoms with Gasteiger partial charge in [0.05, 0.1) is 13.2 Å². The first-order chi connectivity index (χ1) is 9.50. The first-order valence-corrected chi connectivity index (χ1v) is 6.32. The van der Waals surface area contributed by atoms with Crippen molar-refractivity contribution in [3.63, 3.8) is 0 Å². The van der Waals surface area contributed by atoms with E-state index in [0.717, 1.165) is 11.3 Å². The van der Waals surface area contributed by atoms with E-state index in [1.165, 1.54) is 14.0 Å². The lowest BCUT2D eigenvalue weighted by molar-refractivity contribution is -0.153. The Hall–Kier alpha value is -2.24. The average Bonchev–Trinajstić information content (AvgIpc) is 2.69. The SMILES string of the molecule is CN(C=O)C(C)(C(=O)O)c1ccc2c(c1)OCCCO2. The van der Waals surface area contributed by atoms with Gasteiger partial charge in [-0.25, -0.2) is 4.79 Å². The normalized spacial score (nSPS) is 16.7. The third kappa shape index (κ3) is 2.29. The maximum atomic E-state index is 11.6. The number of hydrogen-bond donors (Lipinski definition) is 1. The summed E-state index contributed by atoms with van der Waals surface area (Å²) >= 11 is 0. The van der Waals surface area contributed by atoms with E-state index in [1.807, 2.05) is 0 Å². The third-order valence-electron chi connectivity index (χ3n) is 3.59. The second kappa shape index (κ2) is 5.40. The molecule has 1 aliphatic rings. The monoisotopic (exact) mass is 279 g/mol. The molecule has 0 saturated carbocycles. The van der Waals surface area contributed by atoms with Crippen LogP contribution >= 0.6 is 0 Å². The van der Waals surface area contributed by atoms with Crippen LogP contribution in [-0.4, -0.2) is 42.6 Å². The van der Waals surface area contributed by atoms with Crippen molar-refractivity contribution in [3.05, 3.63) is 23.8 Å². The zero-order chi connectivity index (χ0) is 14.8. The molecule has 1 unspecified atom stereocenters. The number of aliphatic carboxylic acids is 1. The molecule has 0 aliphatic carbocycles. The summed E-state index contributed by atoms with van der Waals surface area (Å²) in [6.45, 7) is 2.56. The standard InChI is InChI=1S/C14H17NO5/c1-14(13(17)18,15(2)9-16)10-4-5-11-12(8-10)20-7-3-6-19-11/h4-5,8-9H,3,6-7H2,1-2H3,(H,17,18). The van der Waals surface area contributed by atoms with Gasteiger partial charge < -0.3 is 19.5 Å². The molecule has 1 aliphatic heterocycles. The van der Waals surface area contributed by atoms with E-state index in [1.54, 1.807) is 18.2 Å². The Labute approximate surface area is 116 Å². The predicted octanol–water partition coefficient (Wildman–Crippen LogP) is 1.24. The van der Waals surface area contributed by atoms with Gasteiger partial charge in [-0.15, -0.1) is 0 Å². The van der Waals surface area contributed by atoms with Crippen molar-refractivity contribution >= 4 is 12.4 Å². The second-order valence-electron chi connectivity index (χ2n) is 4.81. The molecule has 6 heteroatoms. The minimum atomic E-state index is -1.45. The van der Waals surface area contributed by atoms with E-state index in [-0.39, 0.29) is 0 Å². The van der Waals surface area contributed by atoms with Gasteiger partial charge in [0, 0.05) is 13.5 Å². The zero-order valence-corrected chi connectivity index (χ0v) is 11.5. The van der Waals surface area contributed by atoms with Gasteiger partial charge in [-0.05, 0) is 24.6 Å². The number of carboxylic acid groups (broad SMARTS) is 1. The summed E-state index contributed by atoms with van der Waals surface area (Å²) in [6, 6.07) is 4.94. The number of hydrogen-bond acceptors (Lipinski definition) is 4. The molecule has 108 valence electrons. The summed E-state index contributed by atoms with van der Waals surface area (Å²) in [5.41, 5.74) is -0.990. The molecule has 0 radical (unpaired) electrons. The average molecular weight is 279 g/mol. The molecule has 0 aromatic heterocycles. The van der Waals surface area contributed by atoms with Crippen molar-refractivity contribution in [2.75, 3.05) is 20.3 Å². The van der Waals surface area contributed by atoms with E-state index in [2.05, 4.69) is 0 Å². The van der Waals surface area contributed by atoms with E-state index in [9.17, 15) is 14.7 Å². The number of benzene rings is 1. The Morgan fingerprint density at radius 1 is 1.35 bits per heavy atom. The maximum absolute atomic E-state index is 11.6. The van der Waals surface area contributed by atoms with Crippen LogP contribution in [0.2, 0.25) is 0 Å². The molecule has 2 rings (SSSR count). The highest BCUT2D eigenvalue weighted by Crippen LogP contribution is 2.36. The second-order valence-corrected chi connectivity index (χ2v) is 4.81. The highest BCUT2D eigenvalue weighted by molar-refractivity contribution is 5.83. The Balaban J connectivity index is 2.47. The molecule has 6 nitrogen and oxygen atoms in total. The zero-order valence-electron chi connectivity index (χ0n) is 11.5. The molecule has 0 fully saturated rings. The highest BCUT2D eigenvalue weighted by atomic mass is 16.5. The summed E-state index contributed by atoms with van der Waals surface area (Å²) in [5.74, 6) is -0.0129. The molecule has 1 amide bonds. The third-order valence-corrected chi connectivity index (χ3v) is 3.59. The molecule has 1 atom stereocenters. The van der Waals surface area contributed by atoms with Gasteiger partial charge >= 0.3 is 5.97 Å². The highest BCUT2D eigenvalue weighted by Gasteiger charge is 2.39. The summed E-state index contributed by atoms with van der Waals surface area (Å²) < 4.78 is 11.1. The number of ether oxygens (including phenoxy) is 2. The summed E-state index contributed by atoms with van der Waals surface area (Å²) in [5, 5.41) is 9.47. The van der Waals surface area contributed by atoms with E-state index in [0.29, 0.717) is 36.7 Å². The number of amides is 1. The van der Waals surface area contributed by atoms with Gasteiger partial charge in [0.2, 0.25) is 6.41 Å². The lowest BCUT2D eigenvalue weighted by Gasteiger charge is -2.32. The van der Waals surface area contributed by atoms with Crippen molar-refractivity contribution in [1.82, 2.24) is 4.90 Å². The first-order valence-electron chi connectivity index (χ1n) is 6.32. The summed E-state index contributed by atoms with van der Waals surface area (Å²) in [7, 11) is 1.43. The van der Waals surface area contributed by atoms with Crippen LogP contribution in [0.1, 0.15) is 18.9 Å². The number of carboxylic acids is 1. The molecule has 20 heavy (non-hydrogen) atoms. The largest absolute Gasteiger partial charge is 0.490 e. The molecule has 1 N–H and O–H groups in total. The predicted molar refractivity (Wildman–Crippen MR) is 70.9 cm³/mol. The molecule has 1 heterocycles. The smallest absolute Gasteiger partial charge is 0.334 e. The van der Waals surface area contributed by atoms with Crippen LogP contribution in [-0.2, 0) is 15.1 Å². The van der Waals surface area contributed by atoms with Gasteiger partial charge in [0.1, 0.15) is 0 Å². The van der Waals surface area contributed by atoms with Crippen LogP contribution in [0.4, 0.5) is 0 Å². The van der Waals surface area contributed by atoms with Gasteiger partial charge in [-0.3, -0.25) is 4.79 Å². The van der Waals surface area contributed by atoms with E-state index >= 15 is 0 Å². The van der Waals surface area contributed by atoms with Crippen molar-refractivity contribution in [1.29, 1.82) is 0 Å². The van der Waals surface area contributed by atoms with Crippen LogP contribution in [0.15, 0.2) is 18.2 Å². The minimum absolute atomic E-state index is 0.462. The van der Waals surface area contributed by atoms with Gasteiger partial charge in [0.25, 0.3) is 0 Å². The van der Waals surface area contributed by atoms with E-state index in [4.69, 9.17) is 9.47 Å². The number of fused-ring (bicyclic) bond motifs is 1.